The maximum absolute atomic E-state index is 3.58. The predicted molar refractivity (Wildman–Crippen MR) is 223 cm³/mol. The first-order valence-electron chi connectivity index (χ1n) is 17.9. The quantitative estimate of drug-likeness (QED) is 0.140. The molecule has 0 heterocycles. The van der Waals surface area contributed by atoms with Crippen molar-refractivity contribution in [1.29, 1.82) is 0 Å². The molecule has 0 nitrogen and oxygen atoms in total. The van der Waals surface area contributed by atoms with Gasteiger partial charge in [-0.15, -0.1) is 0 Å². The van der Waals surface area contributed by atoms with E-state index >= 15 is 0 Å². The molecular formula is C54H30. The summed E-state index contributed by atoms with van der Waals surface area (Å²) in [6.07, 6.45) is 0. The summed E-state index contributed by atoms with van der Waals surface area (Å²) >= 11 is 0. The second-order valence-corrected chi connectivity index (χ2v) is 13.0. The highest BCUT2D eigenvalue weighted by Gasteiger charge is 2.13. The molecule has 0 unspecified atom stereocenters. The minimum absolute atomic E-state index is 0.762. The van der Waals surface area contributed by atoms with E-state index in [1.165, 1.54) is 0 Å². The van der Waals surface area contributed by atoms with Crippen LogP contribution in [-0.4, -0.2) is 0 Å². The smallest absolute Gasteiger partial charge is 0.0575 e. The Bertz CT molecular complexity index is 2760. The SMILES string of the molecule is C(#Cc1ccc(C#Cc2ccc3cccccc2-3)c(C#Cc2ccc3cccccc2-3)c1C#Cc1ccc2cccccc1-2)c1ccc2cccccc1-2. The molecule has 9 rings (SSSR count). The summed E-state index contributed by atoms with van der Waals surface area (Å²) in [4.78, 5) is 0. The van der Waals surface area contributed by atoms with E-state index in [0.29, 0.717) is 0 Å². The van der Waals surface area contributed by atoms with Gasteiger partial charge in [0.05, 0.1) is 11.1 Å². The molecule has 0 aromatic heterocycles. The summed E-state index contributed by atoms with van der Waals surface area (Å²) in [7, 11) is 0. The molecule has 0 saturated heterocycles. The predicted octanol–water partition coefficient (Wildman–Crippen LogP) is 11.7. The highest BCUT2D eigenvalue weighted by molar-refractivity contribution is 5.80. The third-order valence-corrected chi connectivity index (χ3v) is 9.68. The van der Waals surface area contributed by atoms with Gasteiger partial charge >= 0.3 is 0 Å². The molecule has 0 fully saturated rings. The lowest BCUT2D eigenvalue weighted by Crippen LogP contribution is -1.96. The van der Waals surface area contributed by atoms with E-state index in [0.717, 1.165) is 89.0 Å². The van der Waals surface area contributed by atoms with E-state index in [1.54, 1.807) is 0 Å². The van der Waals surface area contributed by atoms with Crippen LogP contribution in [0.3, 0.4) is 0 Å². The molecule has 8 aliphatic rings. The molecule has 1 aromatic rings. The van der Waals surface area contributed by atoms with Gasteiger partial charge in [0.15, 0.2) is 0 Å². The van der Waals surface area contributed by atoms with Gasteiger partial charge in [0.25, 0.3) is 0 Å². The fourth-order valence-electron chi connectivity index (χ4n) is 6.89. The van der Waals surface area contributed by atoms with E-state index in [-0.39, 0.29) is 0 Å². The van der Waals surface area contributed by atoms with Crippen molar-refractivity contribution in [3.05, 3.63) is 226 Å². The van der Waals surface area contributed by atoms with Crippen LogP contribution in [0.5, 0.6) is 0 Å². The van der Waals surface area contributed by atoms with Crippen LogP contribution in [0.1, 0.15) is 44.5 Å². The van der Waals surface area contributed by atoms with Crippen molar-refractivity contribution in [2.24, 2.45) is 0 Å². The van der Waals surface area contributed by atoms with Crippen LogP contribution in [-0.2, 0) is 0 Å². The van der Waals surface area contributed by atoms with Crippen molar-refractivity contribution in [3.8, 4) is 91.9 Å². The molecule has 8 aliphatic carbocycles. The average molecular weight is 679 g/mol. The zero-order chi connectivity index (χ0) is 36.1. The molecule has 1 aromatic carbocycles. The van der Waals surface area contributed by atoms with Crippen LogP contribution >= 0.6 is 0 Å². The zero-order valence-corrected chi connectivity index (χ0v) is 29.3. The highest BCUT2D eigenvalue weighted by atomic mass is 14.1. The van der Waals surface area contributed by atoms with Crippen molar-refractivity contribution in [2.45, 2.75) is 0 Å². The van der Waals surface area contributed by atoms with Gasteiger partial charge in [-0.1, -0.05) is 193 Å². The molecule has 246 valence electrons. The molecule has 0 radical (unpaired) electrons. The van der Waals surface area contributed by atoms with E-state index in [2.05, 4.69) is 193 Å². The second kappa shape index (κ2) is 14.5. The summed E-state index contributed by atoms with van der Waals surface area (Å²) in [6, 6.07) is 62.5. The molecular weight excluding hydrogens is 649 g/mol. The number of fused-ring (bicyclic) bond motifs is 4. The number of hydrogen-bond donors (Lipinski definition) is 0. The van der Waals surface area contributed by atoms with Crippen molar-refractivity contribution < 1.29 is 0 Å². The Kier molecular flexibility index (Phi) is 8.63. The Balaban J connectivity index is 1.26. The molecule has 0 saturated carbocycles. The zero-order valence-electron chi connectivity index (χ0n) is 29.3. The third kappa shape index (κ3) is 6.46. The van der Waals surface area contributed by atoms with Crippen LogP contribution in [0.25, 0.3) is 44.5 Å². The van der Waals surface area contributed by atoms with Gasteiger partial charge in [0.1, 0.15) is 0 Å². The van der Waals surface area contributed by atoms with Crippen molar-refractivity contribution in [1.82, 2.24) is 0 Å². The first-order valence-corrected chi connectivity index (χ1v) is 17.9. The Morgan fingerprint density at radius 1 is 0.185 bits per heavy atom. The van der Waals surface area contributed by atoms with Crippen LogP contribution in [0.2, 0.25) is 0 Å². The van der Waals surface area contributed by atoms with Gasteiger partial charge in [-0.2, -0.15) is 0 Å². The molecule has 0 bridgehead atoms. The molecule has 0 heteroatoms. The summed E-state index contributed by atoms with van der Waals surface area (Å²) < 4.78 is 0. The van der Waals surface area contributed by atoms with Gasteiger partial charge in [-0.05, 0) is 80.9 Å². The normalized spacial score (nSPS) is 10.4. The molecule has 54 heavy (non-hydrogen) atoms. The van der Waals surface area contributed by atoms with E-state index in [9.17, 15) is 0 Å². The lowest BCUT2D eigenvalue weighted by Gasteiger charge is -2.05. The fourth-order valence-corrected chi connectivity index (χ4v) is 6.89. The van der Waals surface area contributed by atoms with Crippen molar-refractivity contribution in [2.75, 3.05) is 0 Å². The van der Waals surface area contributed by atoms with E-state index in [4.69, 9.17) is 0 Å². The summed E-state index contributed by atoms with van der Waals surface area (Å²) in [6.45, 7) is 0. The topological polar surface area (TPSA) is 0 Å². The van der Waals surface area contributed by atoms with E-state index in [1.807, 2.05) is 36.4 Å². The number of hydrogen-bond acceptors (Lipinski definition) is 0. The van der Waals surface area contributed by atoms with Gasteiger partial charge < -0.3 is 0 Å². The lowest BCUT2D eigenvalue weighted by atomic mass is 9.95. The Morgan fingerprint density at radius 3 is 0.741 bits per heavy atom. The Morgan fingerprint density at radius 2 is 0.426 bits per heavy atom. The fraction of sp³-hybridized carbons (Fsp3) is 0. The van der Waals surface area contributed by atoms with E-state index < -0.39 is 0 Å². The summed E-state index contributed by atoms with van der Waals surface area (Å²) in [5.74, 6) is 28.2. The molecule has 0 aliphatic heterocycles. The number of benzene rings is 1. The minimum atomic E-state index is 0.762. The second-order valence-electron chi connectivity index (χ2n) is 13.0. The van der Waals surface area contributed by atoms with Crippen LogP contribution in [0, 0.1) is 47.4 Å². The first-order chi connectivity index (χ1) is 26.8. The van der Waals surface area contributed by atoms with Gasteiger partial charge in [0.2, 0.25) is 0 Å². The average Bonchev–Trinajstić information content (AvgIpc) is 3.75. The van der Waals surface area contributed by atoms with Crippen molar-refractivity contribution in [3.63, 3.8) is 0 Å². The Labute approximate surface area is 317 Å². The molecule has 0 spiro atoms. The maximum Gasteiger partial charge on any atom is 0.0575 e. The molecule has 0 amide bonds. The first kappa shape index (κ1) is 32.2. The molecule has 0 atom stereocenters. The Hall–Kier alpha value is -7.74. The standard InChI is InChI=1S/C54H30/c1-5-13-39-21-25-43(49(39)17-9-1)29-31-47-33-34-48(32-30-44-26-22-40-14-6-2-10-18-50(40)44)54(38-36-46-28-24-42-16-8-4-12-20-52(42)46)53(47)37-35-45-27-23-41-15-7-3-11-19-51(41)45/h1-28,33-34H. The summed E-state index contributed by atoms with van der Waals surface area (Å²) in [5.41, 5.74) is 16.0. The van der Waals surface area contributed by atoms with Gasteiger partial charge in [-0.3, -0.25) is 0 Å². The van der Waals surface area contributed by atoms with Crippen LogP contribution < -0.4 is 0 Å². The monoisotopic (exact) mass is 678 g/mol. The molecule has 0 N–H and O–H groups in total. The highest BCUT2D eigenvalue weighted by Crippen LogP contribution is 2.30. The maximum atomic E-state index is 3.58. The summed E-state index contributed by atoms with van der Waals surface area (Å²) in [5, 5.41) is 0. The van der Waals surface area contributed by atoms with Gasteiger partial charge in [-0.25, -0.2) is 0 Å². The van der Waals surface area contributed by atoms with Crippen molar-refractivity contribution >= 4 is 0 Å². The van der Waals surface area contributed by atoms with Crippen LogP contribution in [0.15, 0.2) is 182 Å². The lowest BCUT2D eigenvalue weighted by molar-refractivity contribution is 1.50. The van der Waals surface area contributed by atoms with Gasteiger partial charge in [0, 0.05) is 33.4 Å². The third-order valence-electron chi connectivity index (χ3n) is 9.68. The largest absolute Gasteiger partial charge is 0.0622 e. The number of rotatable bonds is 0. The minimum Gasteiger partial charge on any atom is -0.0622 e. The van der Waals surface area contributed by atoms with Crippen LogP contribution in [0.4, 0.5) is 0 Å².